The van der Waals surface area contributed by atoms with E-state index in [0.29, 0.717) is 0 Å². The first-order valence-corrected chi connectivity index (χ1v) is 9.36. The lowest BCUT2D eigenvalue weighted by Crippen LogP contribution is -1.69. The van der Waals surface area contributed by atoms with Crippen LogP contribution in [0.5, 0.6) is 0 Å². The molecule has 0 amide bonds. The topological polar surface area (TPSA) is 0 Å². The zero-order valence-electron chi connectivity index (χ0n) is 10.9. The highest BCUT2D eigenvalue weighted by Gasteiger charge is 2.16. The second-order valence-corrected chi connectivity index (χ2v) is 8.85. The molecule has 0 aliphatic heterocycles. The molecule has 2 aromatic heterocycles. The Hall–Kier alpha value is -1.33. The van der Waals surface area contributed by atoms with Gasteiger partial charge in [0.2, 0.25) is 0 Å². The summed E-state index contributed by atoms with van der Waals surface area (Å²) in [5, 5.41) is 0. The quantitative estimate of drug-likeness (QED) is 0.350. The van der Waals surface area contributed by atoms with Crippen molar-refractivity contribution < 1.29 is 0 Å². The molecule has 2 aromatic carbocycles. The number of rotatable bonds is 2. The Labute approximate surface area is 140 Å². The largest absolute Gasteiger partial charge is 0.144 e. The molecule has 0 atom stereocenters. The van der Waals surface area contributed by atoms with Crippen molar-refractivity contribution in [2.75, 3.05) is 0 Å². The van der Waals surface area contributed by atoms with Crippen LogP contribution >= 0.6 is 46.2 Å². The molecule has 0 saturated carbocycles. The van der Waals surface area contributed by atoms with Gasteiger partial charge in [0, 0.05) is 0 Å². The summed E-state index contributed by atoms with van der Waals surface area (Å²) in [5.41, 5.74) is 2.55. The normalized spacial score (nSPS) is 11.0. The van der Waals surface area contributed by atoms with Gasteiger partial charge in [0.1, 0.15) is 3.14 Å². The first-order chi connectivity index (χ1) is 10.3. The molecule has 4 aromatic rings. The Balaban J connectivity index is 2.04. The van der Waals surface area contributed by atoms with Crippen LogP contribution in [0.1, 0.15) is 0 Å². The van der Waals surface area contributed by atoms with E-state index in [-0.39, 0.29) is 0 Å². The monoisotopic (exact) mass is 342 g/mol. The fourth-order valence-corrected chi connectivity index (χ4v) is 6.62. The lowest BCUT2D eigenvalue weighted by Gasteiger charge is -1.97. The average molecular weight is 343 g/mol. The highest BCUT2D eigenvalue weighted by molar-refractivity contribution is 7.77. The van der Waals surface area contributed by atoms with E-state index in [4.69, 9.17) is 12.2 Å². The lowest BCUT2D eigenvalue weighted by atomic mass is 10.1. The Morgan fingerprint density at radius 1 is 0.571 bits per heavy atom. The molecule has 0 saturated heterocycles. The zero-order valence-corrected chi connectivity index (χ0v) is 14.2. The average Bonchev–Trinajstić information content (AvgIpc) is 3.06. The molecule has 4 rings (SSSR count). The molecule has 0 bridgehead atoms. The SMILES string of the molecule is S=c1sc2c(-c3ccccc3)sc(-c3ccccc3)c2s1. The van der Waals surface area contributed by atoms with Crippen molar-refractivity contribution in [2.24, 2.45) is 0 Å². The van der Waals surface area contributed by atoms with Gasteiger partial charge in [-0.25, -0.2) is 0 Å². The fraction of sp³-hybridized carbons (Fsp3) is 0. The van der Waals surface area contributed by atoms with Crippen LogP contribution in [0.3, 0.4) is 0 Å². The van der Waals surface area contributed by atoms with Gasteiger partial charge in [-0.05, 0) is 11.1 Å². The molecule has 0 radical (unpaired) electrons. The van der Waals surface area contributed by atoms with Crippen LogP contribution in [0.4, 0.5) is 0 Å². The summed E-state index contributed by atoms with van der Waals surface area (Å²) in [7, 11) is 0. The maximum atomic E-state index is 5.43. The Morgan fingerprint density at radius 3 is 1.43 bits per heavy atom. The second kappa shape index (κ2) is 5.46. The predicted molar refractivity (Wildman–Crippen MR) is 99.3 cm³/mol. The van der Waals surface area contributed by atoms with Crippen LogP contribution in [-0.4, -0.2) is 0 Å². The van der Waals surface area contributed by atoms with Crippen molar-refractivity contribution in [1.82, 2.24) is 0 Å². The number of benzene rings is 2. The van der Waals surface area contributed by atoms with Crippen LogP contribution in [-0.2, 0) is 0 Å². The van der Waals surface area contributed by atoms with Gasteiger partial charge in [-0.3, -0.25) is 0 Å². The maximum absolute atomic E-state index is 5.43. The van der Waals surface area contributed by atoms with E-state index in [2.05, 4.69) is 60.7 Å². The third kappa shape index (κ3) is 2.38. The van der Waals surface area contributed by atoms with E-state index < -0.39 is 0 Å². The molecule has 0 fully saturated rings. The van der Waals surface area contributed by atoms with Crippen molar-refractivity contribution in [3.05, 3.63) is 63.8 Å². The van der Waals surface area contributed by atoms with E-state index >= 15 is 0 Å². The molecule has 0 spiro atoms. The van der Waals surface area contributed by atoms with Crippen LogP contribution in [0.25, 0.3) is 30.3 Å². The molecule has 0 N–H and O–H groups in total. The molecule has 0 aliphatic carbocycles. The van der Waals surface area contributed by atoms with Crippen molar-refractivity contribution in [2.45, 2.75) is 0 Å². The summed E-state index contributed by atoms with van der Waals surface area (Å²) in [6.45, 7) is 0. The minimum Gasteiger partial charge on any atom is -0.132 e. The first kappa shape index (κ1) is 13.3. The van der Waals surface area contributed by atoms with Crippen molar-refractivity contribution in [1.29, 1.82) is 0 Å². The lowest BCUT2D eigenvalue weighted by molar-refractivity contribution is 1.71. The minimum absolute atomic E-state index is 1.00. The summed E-state index contributed by atoms with van der Waals surface area (Å²) in [6, 6.07) is 21.2. The highest BCUT2D eigenvalue weighted by atomic mass is 32.2. The summed E-state index contributed by atoms with van der Waals surface area (Å²) < 4.78 is 3.67. The Kier molecular flexibility index (Phi) is 3.47. The van der Waals surface area contributed by atoms with Gasteiger partial charge in [0.15, 0.2) is 0 Å². The third-order valence-electron chi connectivity index (χ3n) is 3.27. The smallest absolute Gasteiger partial charge is 0.132 e. The van der Waals surface area contributed by atoms with Gasteiger partial charge < -0.3 is 0 Å². The van der Waals surface area contributed by atoms with Gasteiger partial charge in [0.25, 0.3) is 0 Å². The molecule has 102 valence electrons. The van der Waals surface area contributed by atoms with Crippen LogP contribution < -0.4 is 0 Å². The molecule has 0 unspecified atom stereocenters. The number of fused-ring (bicyclic) bond motifs is 1. The molecule has 4 heteroatoms. The summed E-state index contributed by atoms with van der Waals surface area (Å²) in [6.07, 6.45) is 0. The standard InChI is InChI=1S/C17H10S4/c18-17-20-15-13(11-7-3-1-4-8-11)19-14(16(15)21-17)12-9-5-2-6-10-12/h1-10H. The van der Waals surface area contributed by atoms with E-state index in [1.165, 1.54) is 30.3 Å². The minimum atomic E-state index is 1.00. The van der Waals surface area contributed by atoms with Crippen LogP contribution in [0.2, 0.25) is 0 Å². The number of hydrogen-bond donors (Lipinski definition) is 0. The summed E-state index contributed by atoms with van der Waals surface area (Å²) in [4.78, 5) is 2.67. The second-order valence-electron chi connectivity index (χ2n) is 4.60. The Morgan fingerprint density at radius 2 is 1.00 bits per heavy atom. The van der Waals surface area contributed by atoms with E-state index in [1.54, 1.807) is 22.7 Å². The van der Waals surface area contributed by atoms with Gasteiger partial charge >= 0.3 is 0 Å². The zero-order chi connectivity index (χ0) is 14.2. The Bertz CT molecular complexity index is 868. The van der Waals surface area contributed by atoms with Crippen molar-refractivity contribution >= 4 is 55.6 Å². The van der Waals surface area contributed by atoms with E-state index in [0.717, 1.165) is 3.14 Å². The molecule has 0 aliphatic rings. The number of thiophene rings is 1. The number of hydrogen-bond acceptors (Lipinski definition) is 4. The summed E-state index contributed by atoms with van der Waals surface area (Å²) >= 11 is 10.8. The van der Waals surface area contributed by atoms with Gasteiger partial charge in [-0.1, -0.05) is 72.9 Å². The third-order valence-corrected chi connectivity index (χ3v) is 7.50. The van der Waals surface area contributed by atoms with Gasteiger partial charge in [-0.15, -0.1) is 34.0 Å². The first-order valence-electron chi connectivity index (χ1n) is 6.50. The molecule has 2 heterocycles. The van der Waals surface area contributed by atoms with Gasteiger partial charge in [0.05, 0.1) is 19.2 Å². The van der Waals surface area contributed by atoms with Crippen LogP contribution in [0, 0.1) is 3.14 Å². The van der Waals surface area contributed by atoms with Gasteiger partial charge in [-0.2, -0.15) is 0 Å². The maximum Gasteiger partial charge on any atom is 0.144 e. The molecular weight excluding hydrogens is 332 g/mol. The van der Waals surface area contributed by atoms with Crippen molar-refractivity contribution in [3.63, 3.8) is 0 Å². The van der Waals surface area contributed by atoms with E-state index in [1.807, 2.05) is 11.3 Å². The molecule has 0 nitrogen and oxygen atoms in total. The van der Waals surface area contributed by atoms with Crippen molar-refractivity contribution in [3.8, 4) is 20.9 Å². The molecule has 21 heavy (non-hydrogen) atoms. The highest BCUT2D eigenvalue weighted by Crippen LogP contribution is 2.48. The predicted octanol–water partition coefficient (Wildman–Crippen LogP) is 7.09. The van der Waals surface area contributed by atoms with Crippen LogP contribution in [0.15, 0.2) is 60.7 Å². The fourth-order valence-electron chi connectivity index (χ4n) is 2.33. The molecular formula is C17H10S4. The van der Waals surface area contributed by atoms with E-state index in [9.17, 15) is 0 Å². The summed E-state index contributed by atoms with van der Waals surface area (Å²) in [5.74, 6) is 0.